The molecule has 0 fully saturated rings. The molecule has 8 heteroatoms. The van der Waals surface area contributed by atoms with E-state index in [1.807, 2.05) is 30.3 Å². The molecule has 0 aliphatic carbocycles. The number of aliphatic imine (C=N–C) groups is 1. The molecule has 7 nitrogen and oxygen atoms in total. The van der Waals surface area contributed by atoms with E-state index in [9.17, 15) is 19.8 Å². The zero-order valence-electron chi connectivity index (χ0n) is 14.9. The van der Waals surface area contributed by atoms with E-state index >= 15 is 0 Å². The van der Waals surface area contributed by atoms with E-state index in [2.05, 4.69) is 9.98 Å². The van der Waals surface area contributed by atoms with Gasteiger partial charge in [-0.1, -0.05) is 24.3 Å². The molecule has 4 rings (SSSR count). The van der Waals surface area contributed by atoms with E-state index in [0.29, 0.717) is 17.8 Å². The number of phenols is 1. The van der Waals surface area contributed by atoms with Crippen LogP contribution < -0.4 is 11.2 Å². The van der Waals surface area contributed by atoms with Gasteiger partial charge in [-0.15, -0.1) is 11.8 Å². The van der Waals surface area contributed by atoms with Gasteiger partial charge in [0, 0.05) is 23.6 Å². The van der Waals surface area contributed by atoms with Gasteiger partial charge in [0.15, 0.2) is 0 Å². The third-order valence-electron chi connectivity index (χ3n) is 4.59. The third-order valence-corrected chi connectivity index (χ3v) is 5.92. The van der Waals surface area contributed by atoms with Crippen LogP contribution in [0.2, 0.25) is 0 Å². The Hall–Kier alpha value is -3.26. The maximum atomic E-state index is 12.5. The number of hydrogen-bond donors (Lipinski definition) is 3. The lowest BCUT2D eigenvalue weighted by Crippen LogP contribution is -2.32. The molecule has 0 bridgehead atoms. The number of aromatic amines is 1. The second kappa shape index (κ2) is 7.05. The molecule has 0 saturated carbocycles. The Labute approximate surface area is 164 Å². The van der Waals surface area contributed by atoms with Crippen molar-refractivity contribution >= 4 is 23.2 Å². The molecule has 142 valence electrons. The van der Waals surface area contributed by atoms with E-state index < -0.39 is 17.1 Å². The van der Waals surface area contributed by atoms with Crippen LogP contribution >= 0.6 is 11.8 Å². The zero-order chi connectivity index (χ0) is 19.8. The highest BCUT2D eigenvalue weighted by atomic mass is 32.2. The summed E-state index contributed by atoms with van der Waals surface area (Å²) < 4.78 is 0.979. The molecule has 1 aliphatic heterocycles. The molecule has 28 heavy (non-hydrogen) atoms. The van der Waals surface area contributed by atoms with Crippen LogP contribution in [-0.2, 0) is 7.05 Å². The van der Waals surface area contributed by atoms with Crippen LogP contribution in [0.4, 0.5) is 5.69 Å². The SMILES string of the molecule is Cn1c(O)c(C2=Nc3ccccc3S[C@H](c3cccc(O)c3)C2)c(=O)[nH]c1=O. The fraction of sp³-hybridized carbons (Fsp3) is 0.150. The standard InChI is InChI=1S/C20H17N3O4S/c1-23-19(26)17(18(25)22-20(23)27)14-10-16(11-5-4-6-12(24)9-11)28-15-8-3-2-7-13(15)21-14/h2-9,16,24,26H,10H2,1H3,(H,22,25,27)/t16-/m0/s1. The van der Waals surface area contributed by atoms with E-state index in [1.165, 1.54) is 7.05 Å². The number of rotatable bonds is 2. The highest BCUT2D eigenvalue weighted by molar-refractivity contribution is 7.99. The van der Waals surface area contributed by atoms with E-state index in [4.69, 9.17) is 0 Å². The Balaban J connectivity index is 1.92. The third kappa shape index (κ3) is 3.22. The van der Waals surface area contributed by atoms with Crippen molar-refractivity contribution in [2.45, 2.75) is 16.6 Å². The summed E-state index contributed by atoms with van der Waals surface area (Å²) in [5.41, 5.74) is 0.524. The fourth-order valence-corrected chi connectivity index (χ4v) is 4.37. The quantitative estimate of drug-likeness (QED) is 0.618. The van der Waals surface area contributed by atoms with Gasteiger partial charge in [0.05, 0.1) is 11.4 Å². The van der Waals surface area contributed by atoms with Crippen molar-refractivity contribution < 1.29 is 10.2 Å². The number of fused-ring (bicyclic) bond motifs is 1. The highest BCUT2D eigenvalue weighted by Gasteiger charge is 2.26. The van der Waals surface area contributed by atoms with E-state index in [-0.39, 0.29) is 16.6 Å². The van der Waals surface area contributed by atoms with Crippen molar-refractivity contribution in [2.75, 3.05) is 0 Å². The van der Waals surface area contributed by atoms with Crippen molar-refractivity contribution in [3.8, 4) is 11.6 Å². The van der Waals surface area contributed by atoms with Gasteiger partial charge in [-0.05, 0) is 29.8 Å². The predicted molar refractivity (Wildman–Crippen MR) is 108 cm³/mol. The van der Waals surface area contributed by atoms with Gasteiger partial charge in [-0.3, -0.25) is 19.3 Å². The van der Waals surface area contributed by atoms with Gasteiger partial charge >= 0.3 is 5.69 Å². The monoisotopic (exact) mass is 395 g/mol. The number of aromatic nitrogens is 2. The number of nitrogens with one attached hydrogen (secondary N) is 1. The lowest BCUT2D eigenvalue weighted by atomic mass is 10.0. The van der Waals surface area contributed by atoms with Crippen LogP contribution in [-0.4, -0.2) is 25.5 Å². The molecule has 0 saturated heterocycles. The number of nitrogens with zero attached hydrogens (tertiary/aromatic N) is 2. The summed E-state index contributed by atoms with van der Waals surface area (Å²) >= 11 is 1.57. The first-order chi connectivity index (χ1) is 13.4. The number of phenolic OH excluding ortho intramolecular Hbond substituents is 1. The maximum absolute atomic E-state index is 12.5. The van der Waals surface area contributed by atoms with Crippen LogP contribution in [0.3, 0.4) is 0 Å². The molecule has 2 heterocycles. The second-order valence-electron chi connectivity index (χ2n) is 6.45. The van der Waals surface area contributed by atoms with Crippen LogP contribution in [0.1, 0.15) is 22.8 Å². The first-order valence-corrected chi connectivity index (χ1v) is 9.47. The van der Waals surface area contributed by atoms with Gasteiger partial charge in [0.2, 0.25) is 5.88 Å². The zero-order valence-corrected chi connectivity index (χ0v) is 15.7. The summed E-state index contributed by atoms with van der Waals surface area (Å²) in [6.07, 6.45) is 0.331. The summed E-state index contributed by atoms with van der Waals surface area (Å²) in [6.45, 7) is 0. The average molecular weight is 395 g/mol. The van der Waals surface area contributed by atoms with Gasteiger partial charge in [-0.25, -0.2) is 4.79 Å². The fourth-order valence-electron chi connectivity index (χ4n) is 3.15. The number of thioether (sulfide) groups is 1. The lowest BCUT2D eigenvalue weighted by molar-refractivity contribution is 0.416. The van der Waals surface area contributed by atoms with Crippen LogP contribution in [0.15, 0.2) is 68.0 Å². The molecule has 1 aliphatic rings. The molecule has 0 unspecified atom stereocenters. The predicted octanol–water partition coefficient (Wildman–Crippen LogP) is 2.84. The Morgan fingerprint density at radius 2 is 1.93 bits per heavy atom. The van der Waals surface area contributed by atoms with Crippen molar-refractivity contribution in [2.24, 2.45) is 12.0 Å². The maximum Gasteiger partial charge on any atom is 0.330 e. The highest BCUT2D eigenvalue weighted by Crippen LogP contribution is 2.46. The number of para-hydroxylation sites is 1. The summed E-state index contributed by atoms with van der Waals surface area (Å²) in [5.74, 6) is -0.275. The summed E-state index contributed by atoms with van der Waals surface area (Å²) in [5, 5.41) is 20.2. The van der Waals surface area contributed by atoms with Crippen LogP contribution in [0.5, 0.6) is 11.6 Å². The summed E-state index contributed by atoms with van der Waals surface area (Å²) in [6, 6.07) is 14.4. The number of hydrogen-bond acceptors (Lipinski definition) is 6. The molecule has 1 aromatic heterocycles. The first-order valence-electron chi connectivity index (χ1n) is 8.59. The van der Waals surface area contributed by atoms with Gasteiger partial charge in [-0.2, -0.15) is 0 Å². The molecule has 0 amide bonds. The molecule has 0 spiro atoms. The lowest BCUT2D eigenvalue weighted by Gasteiger charge is -2.16. The van der Waals surface area contributed by atoms with Crippen molar-refractivity contribution in [1.82, 2.24) is 9.55 Å². The Morgan fingerprint density at radius 3 is 2.71 bits per heavy atom. The molecule has 0 radical (unpaired) electrons. The smallest absolute Gasteiger partial charge is 0.330 e. The van der Waals surface area contributed by atoms with Crippen LogP contribution in [0.25, 0.3) is 0 Å². The van der Waals surface area contributed by atoms with Gasteiger partial charge in [0.1, 0.15) is 11.3 Å². The van der Waals surface area contributed by atoms with E-state index in [1.54, 1.807) is 30.0 Å². The van der Waals surface area contributed by atoms with Gasteiger partial charge < -0.3 is 10.2 Å². The molecular formula is C20H17N3O4S. The topological polar surface area (TPSA) is 108 Å². The first kappa shape index (κ1) is 18.1. The molecular weight excluding hydrogens is 378 g/mol. The molecule has 2 aromatic carbocycles. The molecule has 3 N–H and O–H groups in total. The van der Waals surface area contributed by atoms with Gasteiger partial charge in [0.25, 0.3) is 5.56 Å². The summed E-state index contributed by atoms with van der Waals surface area (Å²) in [4.78, 5) is 32.0. The number of H-pyrrole nitrogens is 1. The Kier molecular flexibility index (Phi) is 4.56. The molecule has 3 aromatic rings. The van der Waals surface area contributed by atoms with Crippen molar-refractivity contribution in [1.29, 1.82) is 0 Å². The average Bonchev–Trinajstić information content (AvgIpc) is 2.86. The number of benzene rings is 2. The molecule has 1 atom stereocenters. The largest absolute Gasteiger partial charge is 0.508 e. The van der Waals surface area contributed by atoms with Crippen molar-refractivity contribution in [3.63, 3.8) is 0 Å². The number of aromatic hydroxyl groups is 2. The minimum absolute atomic E-state index is 0.0236. The normalized spacial score (nSPS) is 16.2. The van der Waals surface area contributed by atoms with E-state index in [0.717, 1.165) is 15.0 Å². The Bertz CT molecular complexity index is 1210. The van der Waals surface area contributed by atoms with Crippen LogP contribution in [0, 0.1) is 0 Å². The summed E-state index contributed by atoms with van der Waals surface area (Å²) in [7, 11) is 1.38. The minimum Gasteiger partial charge on any atom is -0.508 e. The second-order valence-corrected chi connectivity index (χ2v) is 7.69. The van der Waals surface area contributed by atoms with Crippen molar-refractivity contribution in [3.05, 3.63) is 80.5 Å². The Morgan fingerprint density at radius 1 is 1.14 bits per heavy atom. The minimum atomic E-state index is -0.695.